The molecule has 0 aliphatic carbocycles. The first-order chi connectivity index (χ1) is 11.3. The second kappa shape index (κ2) is 6.68. The molecule has 0 unspecified atom stereocenters. The molecule has 0 aliphatic heterocycles. The Bertz CT molecular complexity index is 817. The van der Waals surface area contributed by atoms with E-state index in [2.05, 4.69) is 31.3 Å². The van der Waals surface area contributed by atoms with E-state index in [0.29, 0.717) is 36.1 Å². The first-order valence-corrected chi connectivity index (χ1v) is 7.13. The van der Waals surface area contributed by atoms with Gasteiger partial charge in [-0.2, -0.15) is 5.26 Å². The van der Waals surface area contributed by atoms with E-state index in [9.17, 15) is 0 Å². The lowest BCUT2D eigenvalue weighted by Gasteiger charge is -2.08. The van der Waals surface area contributed by atoms with Crippen molar-refractivity contribution in [3.63, 3.8) is 0 Å². The zero-order chi connectivity index (χ0) is 16.1. The van der Waals surface area contributed by atoms with Crippen LogP contribution in [0.2, 0.25) is 0 Å². The molecule has 0 saturated heterocycles. The number of rotatable bonds is 5. The van der Waals surface area contributed by atoms with Crippen molar-refractivity contribution in [1.82, 2.24) is 19.9 Å². The number of hydrogen-bond donors (Lipinski definition) is 3. The van der Waals surface area contributed by atoms with E-state index in [4.69, 9.17) is 11.0 Å². The summed E-state index contributed by atoms with van der Waals surface area (Å²) in [7, 11) is 0. The van der Waals surface area contributed by atoms with E-state index in [1.807, 2.05) is 18.2 Å². The number of nitrogens with one attached hydrogen (secondary N) is 2. The summed E-state index contributed by atoms with van der Waals surface area (Å²) in [6, 6.07) is 11.2. The SMILES string of the molecule is N#Cc1ccc(-c2cc(-c3ncc[nH]3)nc(NCCN)n2)cc1. The van der Waals surface area contributed by atoms with Gasteiger partial charge in [0.2, 0.25) is 5.95 Å². The fourth-order valence-electron chi connectivity index (χ4n) is 2.10. The topological polar surface area (TPSA) is 116 Å². The number of imidazole rings is 1. The molecule has 23 heavy (non-hydrogen) atoms. The zero-order valence-electron chi connectivity index (χ0n) is 12.3. The standard InChI is InChI=1S/C16H15N7/c17-5-6-21-16-22-13(12-3-1-11(10-18)2-4-12)9-14(23-16)15-19-7-8-20-15/h1-4,7-9H,5-6,17H2,(H,19,20)(H,21,22,23). The number of nitrogens with zero attached hydrogens (tertiary/aromatic N) is 4. The fourth-order valence-corrected chi connectivity index (χ4v) is 2.10. The maximum atomic E-state index is 8.90. The number of aromatic amines is 1. The summed E-state index contributed by atoms with van der Waals surface area (Å²) in [6.45, 7) is 1.06. The third-order valence-electron chi connectivity index (χ3n) is 3.20. The molecule has 3 aromatic rings. The summed E-state index contributed by atoms with van der Waals surface area (Å²) in [6.07, 6.45) is 3.41. The minimum Gasteiger partial charge on any atom is -0.353 e. The van der Waals surface area contributed by atoms with Gasteiger partial charge in [-0.05, 0) is 18.2 Å². The van der Waals surface area contributed by atoms with Crippen LogP contribution in [0.25, 0.3) is 22.8 Å². The van der Waals surface area contributed by atoms with Crippen molar-refractivity contribution in [3.05, 3.63) is 48.3 Å². The van der Waals surface area contributed by atoms with Gasteiger partial charge in [-0.1, -0.05) is 12.1 Å². The predicted octanol–water partition coefficient (Wildman–Crippen LogP) is 1.78. The molecule has 3 rings (SSSR count). The van der Waals surface area contributed by atoms with Gasteiger partial charge in [-0.15, -0.1) is 0 Å². The number of nitrogens with two attached hydrogens (primary N) is 1. The first kappa shape index (κ1) is 14.7. The van der Waals surface area contributed by atoms with Crippen LogP contribution in [0.4, 0.5) is 5.95 Å². The van der Waals surface area contributed by atoms with Crippen molar-refractivity contribution < 1.29 is 0 Å². The van der Waals surface area contributed by atoms with Crippen molar-refractivity contribution in [2.24, 2.45) is 5.73 Å². The summed E-state index contributed by atoms with van der Waals surface area (Å²) >= 11 is 0. The lowest BCUT2D eigenvalue weighted by atomic mass is 10.1. The van der Waals surface area contributed by atoms with E-state index in [1.54, 1.807) is 24.5 Å². The largest absolute Gasteiger partial charge is 0.353 e. The second-order valence-electron chi connectivity index (χ2n) is 4.80. The summed E-state index contributed by atoms with van der Waals surface area (Å²) in [5, 5.41) is 12.0. The molecular formula is C16H15N7. The van der Waals surface area contributed by atoms with Gasteiger partial charge in [0.15, 0.2) is 5.82 Å². The molecule has 0 spiro atoms. The maximum Gasteiger partial charge on any atom is 0.223 e. The average Bonchev–Trinajstić information content (AvgIpc) is 3.14. The quantitative estimate of drug-likeness (QED) is 0.661. The normalized spacial score (nSPS) is 10.3. The van der Waals surface area contributed by atoms with Gasteiger partial charge in [0, 0.05) is 31.0 Å². The van der Waals surface area contributed by atoms with Gasteiger partial charge in [-0.25, -0.2) is 15.0 Å². The summed E-state index contributed by atoms with van der Waals surface area (Å²) < 4.78 is 0. The molecule has 0 atom stereocenters. The van der Waals surface area contributed by atoms with E-state index in [1.165, 1.54) is 0 Å². The average molecular weight is 305 g/mol. The molecule has 7 heteroatoms. The Balaban J connectivity index is 2.03. The molecule has 0 amide bonds. The molecule has 0 saturated carbocycles. The Morgan fingerprint density at radius 2 is 1.96 bits per heavy atom. The van der Waals surface area contributed by atoms with Gasteiger partial charge >= 0.3 is 0 Å². The third-order valence-corrected chi connectivity index (χ3v) is 3.20. The molecule has 0 fully saturated rings. The molecule has 4 N–H and O–H groups in total. The molecule has 114 valence electrons. The van der Waals surface area contributed by atoms with Crippen molar-refractivity contribution in [3.8, 4) is 28.8 Å². The predicted molar refractivity (Wildman–Crippen MR) is 87.3 cm³/mol. The highest BCUT2D eigenvalue weighted by Gasteiger charge is 2.10. The Labute approximate surface area is 133 Å². The highest BCUT2D eigenvalue weighted by molar-refractivity contribution is 5.67. The molecule has 2 aromatic heterocycles. The van der Waals surface area contributed by atoms with Crippen LogP contribution in [-0.4, -0.2) is 33.0 Å². The number of aromatic nitrogens is 4. The monoisotopic (exact) mass is 305 g/mol. The van der Waals surface area contributed by atoms with Crippen molar-refractivity contribution in [1.29, 1.82) is 5.26 Å². The highest BCUT2D eigenvalue weighted by atomic mass is 15.1. The fraction of sp³-hybridized carbons (Fsp3) is 0.125. The number of H-pyrrole nitrogens is 1. The second-order valence-corrected chi connectivity index (χ2v) is 4.80. The van der Waals surface area contributed by atoms with Crippen molar-refractivity contribution in [2.75, 3.05) is 18.4 Å². The maximum absolute atomic E-state index is 8.90. The Hall–Kier alpha value is -3.24. The van der Waals surface area contributed by atoms with Gasteiger partial charge in [0.05, 0.1) is 17.3 Å². The van der Waals surface area contributed by atoms with Gasteiger partial charge < -0.3 is 16.0 Å². The Kier molecular flexibility index (Phi) is 4.27. The van der Waals surface area contributed by atoms with Gasteiger partial charge in [0.1, 0.15) is 5.69 Å². The van der Waals surface area contributed by atoms with E-state index < -0.39 is 0 Å². The van der Waals surface area contributed by atoms with Crippen LogP contribution in [0.15, 0.2) is 42.7 Å². The molecule has 0 radical (unpaired) electrons. The highest BCUT2D eigenvalue weighted by Crippen LogP contribution is 2.23. The van der Waals surface area contributed by atoms with Crippen molar-refractivity contribution >= 4 is 5.95 Å². The lowest BCUT2D eigenvalue weighted by Crippen LogP contribution is -2.15. The van der Waals surface area contributed by atoms with E-state index in [-0.39, 0.29) is 0 Å². The molecule has 1 aromatic carbocycles. The zero-order valence-corrected chi connectivity index (χ0v) is 12.3. The molecular weight excluding hydrogens is 290 g/mol. The van der Waals surface area contributed by atoms with Gasteiger partial charge in [0.25, 0.3) is 0 Å². The minimum atomic E-state index is 0.487. The first-order valence-electron chi connectivity index (χ1n) is 7.13. The summed E-state index contributed by atoms with van der Waals surface area (Å²) in [4.78, 5) is 16.2. The van der Waals surface area contributed by atoms with Crippen LogP contribution in [0, 0.1) is 11.3 Å². The van der Waals surface area contributed by atoms with Crippen LogP contribution < -0.4 is 11.1 Å². The summed E-state index contributed by atoms with van der Waals surface area (Å²) in [5.74, 6) is 1.15. The van der Waals surface area contributed by atoms with E-state index in [0.717, 1.165) is 11.3 Å². The molecule has 2 heterocycles. The Morgan fingerprint density at radius 1 is 1.17 bits per heavy atom. The number of anilines is 1. The van der Waals surface area contributed by atoms with E-state index >= 15 is 0 Å². The van der Waals surface area contributed by atoms with Crippen LogP contribution in [-0.2, 0) is 0 Å². The Morgan fingerprint density at radius 3 is 2.61 bits per heavy atom. The van der Waals surface area contributed by atoms with Crippen LogP contribution >= 0.6 is 0 Å². The van der Waals surface area contributed by atoms with Crippen molar-refractivity contribution in [2.45, 2.75) is 0 Å². The van der Waals surface area contributed by atoms with Crippen LogP contribution in [0.3, 0.4) is 0 Å². The van der Waals surface area contributed by atoms with Crippen LogP contribution in [0.5, 0.6) is 0 Å². The smallest absolute Gasteiger partial charge is 0.223 e. The number of hydrogen-bond acceptors (Lipinski definition) is 6. The summed E-state index contributed by atoms with van der Waals surface area (Å²) in [5.41, 5.74) is 8.46. The minimum absolute atomic E-state index is 0.487. The molecule has 0 aliphatic rings. The number of nitriles is 1. The lowest BCUT2D eigenvalue weighted by molar-refractivity contribution is 0.989. The third kappa shape index (κ3) is 3.33. The van der Waals surface area contributed by atoms with Crippen LogP contribution in [0.1, 0.15) is 5.56 Å². The molecule has 0 bridgehead atoms. The molecule has 7 nitrogen and oxygen atoms in total. The number of benzene rings is 1. The van der Waals surface area contributed by atoms with Gasteiger partial charge in [-0.3, -0.25) is 0 Å².